The van der Waals surface area contributed by atoms with Crippen LogP contribution in [0.25, 0.3) is 0 Å². The maximum Gasteiger partial charge on any atom is 0.350 e. The van der Waals surface area contributed by atoms with Gasteiger partial charge in [-0.2, -0.15) is 9.97 Å². The molecule has 0 radical (unpaired) electrons. The van der Waals surface area contributed by atoms with E-state index < -0.39 is 5.69 Å². The Kier molecular flexibility index (Phi) is 4.08. The van der Waals surface area contributed by atoms with Crippen molar-refractivity contribution in [2.24, 2.45) is 0 Å². The van der Waals surface area contributed by atoms with Crippen LogP contribution in [0.4, 0.5) is 11.9 Å². The molecule has 0 amide bonds. The Morgan fingerprint density at radius 2 is 2.13 bits per heavy atom. The Labute approximate surface area is 88.5 Å². The summed E-state index contributed by atoms with van der Waals surface area (Å²) in [7, 11) is 0. The normalized spacial score (nSPS) is 12.2. The molecule has 0 fully saturated rings. The van der Waals surface area contributed by atoms with Crippen LogP contribution in [0.1, 0.15) is 27.2 Å². The van der Waals surface area contributed by atoms with Gasteiger partial charge in [-0.15, -0.1) is 0 Å². The quantitative estimate of drug-likeness (QED) is 0.671. The standard InChI is InChI=1S/C9H17N5O/c1-4-6(3)11-8-12-7(10-5-2)13-9(15)14-8/h6H,4-5H2,1-3H3,(H3,10,11,12,13,14,15)/t6-/m1/s1. The molecule has 6 heteroatoms. The number of aromatic nitrogens is 3. The van der Waals surface area contributed by atoms with Crippen molar-refractivity contribution in [3.8, 4) is 0 Å². The fraction of sp³-hybridized carbons (Fsp3) is 0.667. The van der Waals surface area contributed by atoms with Gasteiger partial charge in [-0.05, 0) is 20.3 Å². The first-order chi connectivity index (χ1) is 7.15. The molecule has 0 saturated carbocycles. The molecule has 6 nitrogen and oxygen atoms in total. The highest BCUT2D eigenvalue weighted by Gasteiger charge is 2.04. The Bertz CT molecular complexity index is 362. The molecule has 1 aromatic heterocycles. The third-order valence-electron chi connectivity index (χ3n) is 1.98. The van der Waals surface area contributed by atoms with E-state index in [2.05, 4.69) is 32.5 Å². The van der Waals surface area contributed by atoms with E-state index in [9.17, 15) is 4.79 Å². The number of nitrogens with one attached hydrogen (secondary N) is 3. The second-order valence-electron chi connectivity index (χ2n) is 3.31. The zero-order valence-electron chi connectivity index (χ0n) is 9.29. The monoisotopic (exact) mass is 211 g/mol. The molecule has 0 bridgehead atoms. The molecule has 15 heavy (non-hydrogen) atoms. The molecule has 0 spiro atoms. The van der Waals surface area contributed by atoms with Crippen molar-refractivity contribution < 1.29 is 0 Å². The predicted molar refractivity (Wildman–Crippen MR) is 60.2 cm³/mol. The van der Waals surface area contributed by atoms with Crippen molar-refractivity contribution in [3.05, 3.63) is 10.5 Å². The number of rotatable bonds is 5. The lowest BCUT2D eigenvalue weighted by Crippen LogP contribution is -2.22. The highest BCUT2D eigenvalue weighted by atomic mass is 16.1. The summed E-state index contributed by atoms with van der Waals surface area (Å²) in [5.74, 6) is 0.812. The van der Waals surface area contributed by atoms with E-state index in [0.29, 0.717) is 18.4 Å². The highest BCUT2D eigenvalue weighted by Crippen LogP contribution is 2.02. The molecule has 3 N–H and O–H groups in total. The Morgan fingerprint density at radius 3 is 2.73 bits per heavy atom. The van der Waals surface area contributed by atoms with Crippen LogP contribution in [-0.2, 0) is 0 Å². The number of hydrogen-bond donors (Lipinski definition) is 3. The number of H-pyrrole nitrogens is 1. The van der Waals surface area contributed by atoms with Crippen molar-refractivity contribution in [3.63, 3.8) is 0 Å². The largest absolute Gasteiger partial charge is 0.354 e. The van der Waals surface area contributed by atoms with Gasteiger partial charge in [-0.1, -0.05) is 6.92 Å². The molecule has 0 aliphatic carbocycles. The van der Waals surface area contributed by atoms with Crippen molar-refractivity contribution in [1.29, 1.82) is 0 Å². The third-order valence-corrected chi connectivity index (χ3v) is 1.98. The molecule has 0 saturated heterocycles. The summed E-state index contributed by atoms with van der Waals surface area (Å²) in [6.07, 6.45) is 0.961. The first kappa shape index (κ1) is 11.5. The molecule has 0 aliphatic heterocycles. The minimum absolute atomic E-state index is 0.269. The van der Waals surface area contributed by atoms with Crippen LogP contribution >= 0.6 is 0 Å². The number of hydrogen-bond acceptors (Lipinski definition) is 5. The lowest BCUT2D eigenvalue weighted by Gasteiger charge is -2.11. The van der Waals surface area contributed by atoms with Gasteiger partial charge in [0.25, 0.3) is 0 Å². The molecule has 1 rings (SSSR count). The van der Waals surface area contributed by atoms with Gasteiger partial charge in [0.1, 0.15) is 0 Å². The Hall–Kier alpha value is -1.59. The molecule has 0 unspecified atom stereocenters. The average molecular weight is 211 g/mol. The zero-order valence-corrected chi connectivity index (χ0v) is 9.29. The van der Waals surface area contributed by atoms with Crippen LogP contribution in [0.15, 0.2) is 4.79 Å². The summed E-state index contributed by atoms with van der Waals surface area (Å²) in [5.41, 5.74) is -0.397. The molecule has 1 atom stereocenters. The fourth-order valence-corrected chi connectivity index (χ4v) is 1.03. The maximum absolute atomic E-state index is 11.2. The van der Waals surface area contributed by atoms with Crippen LogP contribution in [0.5, 0.6) is 0 Å². The smallest absolute Gasteiger partial charge is 0.350 e. The van der Waals surface area contributed by atoms with Crippen molar-refractivity contribution in [2.45, 2.75) is 33.2 Å². The summed E-state index contributed by atoms with van der Waals surface area (Å²) in [6.45, 7) is 6.69. The minimum Gasteiger partial charge on any atom is -0.354 e. The molecule has 84 valence electrons. The first-order valence-electron chi connectivity index (χ1n) is 5.14. The van der Waals surface area contributed by atoms with E-state index in [1.54, 1.807) is 0 Å². The molecule has 0 aliphatic rings. The van der Waals surface area contributed by atoms with Crippen LogP contribution in [-0.4, -0.2) is 27.5 Å². The van der Waals surface area contributed by atoms with Gasteiger partial charge < -0.3 is 10.6 Å². The highest BCUT2D eigenvalue weighted by molar-refractivity contribution is 5.33. The van der Waals surface area contributed by atoms with E-state index in [-0.39, 0.29) is 6.04 Å². The molecular formula is C9H17N5O. The van der Waals surface area contributed by atoms with Crippen LogP contribution < -0.4 is 16.3 Å². The molecule has 1 aromatic rings. The number of aromatic amines is 1. The van der Waals surface area contributed by atoms with E-state index in [1.165, 1.54) is 0 Å². The van der Waals surface area contributed by atoms with E-state index in [1.807, 2.05) is 13.8 Å². The third kappa shape index (κ3) is 3.57. The van der Waals surface area contributed by atoms with Gasteiger partial charge >= 0.3 is 5.69 Å². The summed E-state index contributed by atoms with van der Waals surface area (Å²) in [5, 5.41) is 5.98. The molecule has 0 aromatic carbocycles. The summed E-state index contributed by atoms with van der Waals surface area (Å²) in [4.78, 5) is 21.5. The minimum atomic E-state index is -0.397. The Balaban J connectivity index is 2.83. The number of anilines is 2. The molecular weight excluding hydrogens is 194 g/mol. The maximum atomic E-state index is 11.2. The van der Waals surface area contributed by atoms with Crippen molar-refractivity contribution in [2.75, 3.05) is 17.2 Å². The SMILES string of the molecule is CCNc1nc(N[C@H](C)CC)[nH]c(=O)n1. The topological polar surface area (TPSA) is 82.7 Å². The summed E-state index contributed by atoms with van der Waals surface area (Å²) >= 11 is 0. The Morgan fingerprint density at radius 1 is 1.40 bits per heavy atom. The van der Waals surface area contributed by atoms with Gasteiger partial charge in [0.2, 0.25) is 11.9 Å². The first-order valence-corrected chi connectivity index (χ1v) is 5.14. The van der Waals surface area contributed by atoms with Crippen molar-refractivity contribution in [1.82, 2.24) is 15.0 Å². The van der Waals surface area contributed by atoms with Gasteiger partial charge in [0.05, 0.1) is 0 Å². The fourth-order valence-electron chi connectivity index (χ4n) is 1.03. The van der Waals surface area contributed by atoms with Gasteiger partial charge in [-0.25, -0.2) is 4.79 Å². The van der Waals surface area contributed by atoms with Crippen LogP contribution in [0.3, 0.4) is 0 Å². The summed E-state index contributed by atoms with van der Waals surface area (Å²) in [6, 6.07) is 0.269. The van der Waals surface area contributed by atoms with E-state index >= 15 is 0 Å². The van der Waals surface area contributed by atoms with Crippen LogP contribution in [0, 0.1) is 0 Å². The lowest BCUT2D eigenvalue weighted by atomic mass is 10.3. The predicted octanol–water partition coefficient (Wildman–Crippen LogP) is 0.807. The average Bonchev–Trinajstić information content (AvgIpc) is 2.17. The van der Waals surface area contributed by atoms with Gasteiger partial charge in [-0.3, -0.25) is 4.98 Å². The second kappa shape index (κ2) is 5.33. The van der Waals surface area contributed by atoms with Gasteiger partial charge in [0.15, 0.2) is 0 Å². The van der Waals surface area contributed by atoms with Crippen LogP contribution in [0.2, 0.25) is 0 Å². The molecule has 1 heterocycles. The summed E-state index contributed by atoms with van der Waals surface area (Å²) < 4.78 is 0. The zero-order chi connectivity index (χ0) is 11.3. The van der Waals surface area contributed by atoms with Gasteiger partial charge in [0, 0.05) is 12.6 Å². The lowest BCUT2D eigenvalue weighted by molar-refractivity contribution is 0.748. The number of nitrogens with zero attached hydrogens (tertiary/aromatic N) is 2. The van der Waals surface area contributed by atoms with Crippen molar-refractivity contribution >= 4 is 11.9 Å². The second-order valence-corrected chi connectivity index (χ2v) is 3.31. The van der Waals surface area contributed by atoms with E-state index in [0.717, 1.165) is 6.42 Å². The van der Waals surface area contributed by atoms with E-state index in [4.69, 9.17) is 0 Å².